The van der Waals surface area contributed by atoms with Gasteiger partial charge in [0.25, 0.3) is 0 Å². The summed E-state index contributed by atoms with van der Waals surface area (Å²) in [7, 11) is 3.46. The van der Waals surface area contributed by atoms with E-state index >= 15 is 0 Å². The van der Waals surface area contributed by atoms with Crippen molar-refractivity contribution in [1.29, 1.82) is 0 Å². The molecular weight excluding hydrogens is 268 g/mol. The van der Waals surface area contributed by atoms with Crippen molar-refractivity contribution < 1.29 is 14.6 Å². The van der Waals surface area contributed by atoms with Gasteiger partial charge in [0.15, 0.2) is 0 Å². The van der Waals surface area contributed by atoms with Crippen LogP contribution >= 0.6 is 0 Å². The molecule has 0 aliphatic rings. The van der Waals surface area contributed by atoms with E-state index in [0.717, 1.165) is 11.3 Å². The van der Waals surface area contributed by atoms with E-state index < -0.39 is 5.97 Å². The molecule has 0 saturated heterocycles. The van der Waals surface area contributed by atoms with E-state index in [1.165, 1.54) is 6.07 Å². The Bertz CT molecular complexity index is 638. The van der Waals surface area contributed by atoms with Crippen molar-refractivity contribution in [1.82, 2.24) is 0 Å². The van der Waals surface area contributed by atoms with Crippen molar-refractivity contribution in [3.8, 4) is 5.75 Å². The molecule has 5 heteroatoms. The van der Waals surface area contributed by atoms with Crippen molar-refractivity contribution in [3.63, 3.8) is 0 Å². The zero-order valence-electron chi connectivity index (χ0n) is 12.0. The Kier molecular flexibility index (Phi) is 4.33. The number of anilines is 2. The van der Waals surface area contributed by atoms with Crippen LogP contribution in [0.15, 0.2) is 42.5 Å². The Morgan fingerprint density at radius 2 is 1.90 bits per heavy atom. The van der Waals surface area contributed by atoms with Gasteiger partial charge in [0, 0.05) is 19.3 Å². The average Bonchev–Trinajstić information content (AvgIpc) is 2.47. The van der Waals surface area contributed by atoms with Crippen LogP contribution in [0.2, 0.25) is 0 Å². The topological polar surface area (TPSA) is 75.8 Å². The monoisotopic (exact) mass is 286 g/mol. The highest BCUT2D eigenvalue weighted by Crippen LogP contribution is 2.24. The van der Waals surface area contributed by atoms with Gasteiger partial charge in [0.05, 0.1) is 18.4 Å². The summed E-state index contributed by atoms with van der Waals surface area (Å²) < 4.78 is 5.12. The number of ether oxygens (including phenoxy) is 1. The van der Waals surface area contributed by atoms with E-state index in [1.807, 2.05) is 36.2 Å². The predicted molar refractivity (Wildman–Crippen MR) is 82.9 cm³/mol. The highest BCUT2D eigenvalue weighted by atomic mass is 16.5. The molecular formula is C16H18N2O3. The first-order chi connectivity index (χ1) is 10.0. The molecule has 0 saturated carbocycles. The minimum atomic E-state index is -0.966. The van der Waals surface area contributed by atoms with Gasteiger partial charge >= 0.3 is 5.97 Å². The maximum absolute atomic E-state index is 11.3. The molecule has 2 aromatic carbocycles. The molecule has 0 radical (unpaired) electrons. The van der Waals surface area contributed by atoms with Crippen LogP contribution in [0.5, 0.6) is 5.75 Å². The Morgan fingerprint density at radius 1 is 1.24 bits per heavy atom. The standard InChI is InChI=1S/C16H18N2O3/c1-18(10-11-3-6-13(21-2)7-4-11)15-9-12(17)5-8-14(15)16(19)20/h3-9H,10,17H2,1-2H3,(H,19,20). The molecule has 21 heavy (non-hydrogen) atoms. The van der Waals surface area contributed by atoms with Gasteiger partial charge in [-0.1, -0.05) is 12.1 Å². The molecule has 0 aromatic heterocycles. The van der Waals surface area contributed by atoms with Crippen molar-refractivity contribution in [2.45, 2.75) is 6.54 Å². The third-order valence-electron chi connectivity index (χ3n) is 3.24. The number of nitrogens with two attached hydrogens (primary N) is 1. The third-order valence-corrected chi connectivity index (χ3v) is 3.24. The Balaban J connectivity index is 2.24. The molecule has 0 fully saturated rings. The number of aromatic carboxylic acids is 1. The molecule has 2 rings (SSSR count). The first-order valence-corrected chi connectivity index (χ1v) is 6.48. The average molecular weight is 286 g/mol. The molecule has 3 N–H and O–H groups in total. The van der Waals surface area contributed by atoms with E-state index in [4.69, 9.17) is 10.5 Å². The van der Waals surface area contributed by atoms with Crippen molar-refractivity contribution in [2.24, 2.45) is 0 Å². The van der Waals surface area contributed by atoms with Crippen LogP contribution in [0.1, 0.15) is 15.9 Å². The first kappa shape index (κ1) is 14.7. The quantitative estimate of drug-likeness (QED) is 0.826. The lowest BCUT2D eigenvalue weighted by Gasteiger charge is -2.22. The maximum atomic E-state index is 11.3. The SMILES string of the molecule is COc1ccc(CN(C)c2cc(N)ccc2C(=O)O)cc1. The van der Waals surface area contributed by atoms with Crippen LogP contribution in [0.3, 0.4) is 0 Å². The second-order valence-electron chi connectivity index (χ2n) is 4.79. The van der Waals surface area contributed by atoms with Gasteiger partial charge < -0.3 is 20.5 Å². The molecule has 0 bridgehead atoms. The molecule has 0 amide bonds. The van der Waals surface area contributed by atoms with Gasteiger partial charge in [-0.05, 0) is 35.9 Å². The summed E-state index contributed by atoms with van der Waals surface area (Å²) in [4.78, 5) is 13.2. The molecule has 0 aliphatic heterocycles. The van der Waals surface area contributed by atoms with Gasteiger partial charge in [-0.25, -0.2) is 4.79 Å². The number of hydrogen-bond donors (Lipinski definition) is 2. The second kappa shape index (κ2) is 6.17. The van der Waals surface area contributed by atoms with Gasteiger partial charge in [0.1, 0.15) is 5.75 Å². The number of carboxylic acid groups (broad SMARTS) is 1. The first-order valence-electron chi connectivity index (χ1n) is 6.48. The number of benzene rings is 2. The van der Waals surface area contributed by atoms with E-state index in [2.05, 4.69) is 0 Å². The van der Waals surface area contributed by atoms with Crippen molar-refractivity contribution in [2.75, 3.05) is 24.8 Å². The van der Waals surface area contributed by atoms with E-state index in [9.17, 15) is 9.90 Å². The number of carbonyl (C=O) groups is 1. The number of hydrogen-bond acceptors (Lipinski definition) is 4. The number of nitrogens with zero attached hydrogens (tertiary/aromatic N) is 1. The molecule has 0 heterocycles. The summed E-state index contributed by atoms with van der Waals surface area (Å²) in [5.74, 6) is -0.178. The Hall–Kier alpha value is -2.69. The molecule has 0 spiro atoms. The lowest BCUT2D eigenvalue weighted by molar-refractivity contribution is 0.0697. The molecule has 2 aromatic rings. The van der Waals surface area contributed by atoms with Crippen molar-refractivity contribution in [3.05, 3.63) is 53.6 Å². The fraction of sp³-hybridized carbons (Fsp3) is 0.188. The number of rotatable bonds is 5. The molecule has 0 unspecified atom stereocenters. The summed E-state index contributed by atoms with van der Waals surface area (Å²) in [6, 6.07) is 12.4. The number of carboxylic acids is 1. The number of nitrogen functional groups attached to an aromatic ring is 1. The normalized spacial score (nSPS) is 10.2. The highest BCUT2D eigenvalue weighted by molar-refractivity contribution is 5.95. The van der Waals surface area contributed by atoms with Crippen LogP contribution in [-0.2, 0) is 6.54 Å². The summed E-state index contributed by atoms with van der Waals surface area (Å²) in [5, 5.41) is 9.26. The van der Waals surface area contributed by atoms with Crippen LogP contribution < -0.4 is 15.4 Å². The fourth-order valence-corrected chi connectivity index (χ4v) is 2.14. The summed E-state index contributed by atoms with van der Waals surface area (Å²) in [6.45, 7) is 0.577. The summed E-state index contributed by atoms with van der Waals surface area (Å²) in [6.07, 6.45) is 0. The van der Waals surface area contributed by atoms with Crippen molar-refractivity contribution >= 4 is 17.3 Å². The lowest BCUT2D eigenvalue weighted by Crippen LogP contribution is -2.19. The van der Waals surface area contributed by atoms with Crippen LogP contribution in [0.25, 0.3) is 0 Å². The molecule has 5 nitrogen and oxygen atoms in total. The van der Waals surface area contributed by atoms with Gasteiger partial charge in [0.2, 0.25) is 0 Å². The van der Waals surface area contributed by atoms with Crippen LogP contribution in [0, 0.1) is 0 Å². The molecule has 0 aliphatic carbocycles. The zero-order chi connectivity index (χ0) is 15.4. The summed E-state index contributed by atoms with van der Waals surface area (Å²) in [5.41, 5.74) is 8.18. The Labute approximate surface area is 123 Å². The zero-order valence-corrected chi connectivity index (χ0v) is 12.0. The minimum Gasteiger partial charge on any atom is -0.497 e. The van der Waals surface area contributed by atoms with Gasteiger partial charge in [-0.2, -0.15) is 0 Å². The minimum absolute atomic E-state index is 0.236. The van der Waals surface area contributed by atoms with E-state index in [-0.39, 0.29) is 5.56 Å². The van der Waals surface area contributed by atoms with Gasteiger partial charge in [-0.15, -0.1) is 0 Å². The molecule has 0 atom stereocenters. The van der Waals surface area contributed by atoms with E-state index in [1.54, 1.807) is 19.2 Å². The predicted octanol–water partition coefficient (Wildman–Crippen LogP) is 2.61. The van der Waals surface area contributed by atoms with E-state index in [0.29, 0.717) is 17.9 Å². The third kappa shape index (κ3) is 3.45. The van der Waals surface area contributed by atoms with Crippen LogP contribution in [0.4, 0.5) is 11.4 Å². The number of methoxy groups -OCH3 is 1. The molecule has 110 valence electrons. The lowest BCUT2D eigenvalue weighted by atomic mass is 10.1. The second-order valence-corrected chi connectivity index (χ2v) is 4.79. The summed E-state index contributed by atoms with van der Waals surface area (Å²) >= 11 is 0. The van der Waals surface area contributed by atoms with Crippen LogP contribution in [-0.4, -0.2) is 25.2 Å². The smallest absolute Gasteiger partial charge is 0.337 e. The Morgan fingerprint density at radius 3 is 2.48 bits per heavy atom. The maximum Gasteiger partial charge on any atom is 0.337 e. The largest absolute Gasteiger partial charge is 0.497 e. The highest BCUT2D eigenvalue weighted by Gasteiger charge is 2.14. The fourth-order valence-electron chi connectivity index (χ4n) is 2.14. The van der Waals surface area contributed by atoms with Gasteiger partial charge in [-0.3, -0.25) is 0 Å².